The smallest absolute Gasteiger partial charge is 0.196 e. The number of nitrogens with one attached hydrogen (secondary N) is 1. The van der Waals surface area contributed by atoms with E-state index in [1.165, 1.54) is 0 Å². The van der Waals surface area contributed by atoms with Crippen LogP contribution in [-0.2, 0) is 0 Å². The van der Waals surface area contributed by atoms with Crippen molar-refractivity contribution in [2.24, 2.45) is 10.7 Å². The fraction of sp³-hybridized carbons (Fsp3) is 0.0769. The van der Waals surface area contributed by atoms with E-state index in [1.807, 2.05) is 30.3 Å². The predicted octanol–water partition coefficient (Wildman–Crippen LogP) is 1.11. The van der Waals surface area contributed by atoms with Crippen molar-refractivity contribution >= 4 is 22.8 Å². The number of hydrogen-bond donors (Lipinski definition) is 2. The molecule has 1 unspecified atom stereocenters. The third kappa shape index (κ3) is 1.53. The highest BCUT2D eigenvalue weighted by Gasteiger charge is 2.25. The highest BCUT2D eigenvalue weighted by molar-refractivity contribution is 6.00. The number of anilines is 1. The molecule has 0 amide bonds. The van der Waals surface area contributed by atoms with Crippen molar-refractivity contribution < 1.29 is 0 Å². The molecule has 0 fully saturated rings. The van der Waals surface area contributed by atoms with Gasteiger partial charge in [-0.15, -0.1) is 5.10 Å². The molecular weight excluding hydrogens is 254 g/mol. The lowest BCUT2D eigenvalue weighted by Gasteiger charge is -2.21. The van der Waals surface area contributed by atoms with Crippen molar-refractivity contribution in [2.75, 3.05) is 5.32 Å². The number of rotatable bonds is 1. The average Bonchev–Trinajstić information content (AvgIpc) is 2.86. The first-order valence-electron chi connectivity index (χ1n) is 6.17. The summed E-state index contributed by atoms with van der Waals surface area (Å²) in [5, 5.41) is 8.44. The molecule has 7 heteroatoms. The van der Waals surface area contributed by atoms with Gasteiger partial charge in [0.2, 0.25) is 0 Å². The van der Waals surface area contributed by atoms with E-state index < -0.39 is 0 Å². The second kappa shape index (κ2) is 4.02. The molecule has 3 aromatic rings. The first-order valence-corrected chi connectivity index (χ1v) is 6.17. The van der Waals surface area contributed by atoms with Gasteiger partial charge in [-0.05, 0) is 24.3 Å². The van der Waals surface area contributed by atoms with Gasteiger partial charge in [-0.25, -0.2) is 14.7 Å². The van der Waals surface area contributed by atoms with E-state index in [9.17, 15) is 0 Å². The first kappa shape index (κ1) is 10.9. The highest BCUT2D eigenvalue weighted by atomic mass is 15.4. The number of pyridine rings is 2. The number of guanidine groups is 1. The zero-order valence-corrected chi connectivity index (χ0v) is 10.4. The van der Waals surface area contributed by atoms with Gasteiger partial charge in [0, 0.05) is 12.4 Å². The Bertz CT molecular complexity index is 806. The summed E-state index contributed by atoms with van der Waals surface area (Å²) in [6, 6.07) is 9.49. The third-order valence-electron chi connectivity index (χ3n) is 3.17. The summed E-state index contributed by atoms with van der Waals surface area (Å²) >= 11 is 0. The number of aliphatic imine (C=N–C) groups is 1. The van der Waals surface area contributed by atoms with Crippen LogP contribution in [0.5, 0.6) is 0 Å². The largest absolute Gasteiger partial charge is 0.370 e. The lowest BCUT2D eigenvalue weighted by molar-refractivity contribution is 0.534. The number of hydrogen-bond acceptors (Lipinski definition) is 6. The molecule has 0 saturated heterocycles. The fourth-order valence-corrected chi connectivity index (χ4v) is 2.30. The lowest BCUT2D eigenvalue weighted by Crippen LogP contribution is -2.31. The summed E-state index contributed by atoms with van der Waals surface area (Å²) in [5.74, 6) is 1.13. The van der Waals surface area contributed by atoms with E-state index in [0.29, 0.717) is 11.6 Å². The molecule has 98 valence electrons. The Balaban J connectivity index is 1.96. The third-order valence-corrected chi connectivity index (χ3v) is 3.17. The van der Waals surface area contributed by atoms with Crippen LogP contribution in [0.3, 0.4) is 0 Å². The van der Waals surface area contributed by atoms with Crippen LogP contribution in [0.2, 0.25) is 0 Å². The Labute approximate surface area is 114 Å². The summed E-state index contributed by atoms with van der Waals surface area (Å²) in [7, 11) is 0. The fourth-order valence-electron chi connectivity index (χ4n) is 2.30. The van der Waals surface area contributed by atoms with Crippen molar-refractivity contribution in [2.45, 2.75) is 6.17 Å². The Morgan fingerprint density at radius 1 is 1.10 bits per heavy atom. The standard InChI is InChI=1S/C13H11N7/c14-13-17-11-8-4-3-7-16-10(8)19-20(11)12(18-13)9-5-1-2-6-15-9/h1-7,12H,(H3,14,17,18). The summed E-state index contributed by atoms with van der Waals surface area (Å²) in [4.78, 5) is 13.0. The van der Waals surface area contributed by atoms with Crippen molar-refractivity contribution in [1.82, 2.24) is 19.7 Å². The molecule has 7 nitrogen and oxygen atoms in total. The molecule has 0 aromatic carbocycles. The van der Waals surface area contributed by atoms with Crippen LogP contribution in [-0.4, -0.2) is 25.7 Å². The zero-order chi connectivity index (χ0) is 13.5. The molecule has 0 radical (unpaired) electrons. The van der Waals surface area contributed by atoms with E-state index >= 15 is 0 Å². The van der Waals surface area contributed by atoms with Crippen LogP contribution in [0.15, 0.2) is 47.7 Å². The summed E-state index contributed by atoms with van der Waals surface area (Å²) < 4.78 is 1.76. The number of nitrogens with two attached hydrogens (primary N) is 1. The topological polar surface area (TPSA) is 94.0 Å². The zero-order valence-electron chi connectivity index (χ0n) is 10.4. The normalized spacial score (nSPS) is 17.4. The number of aromatic nitrogens is 4. The van der Waals surface area contributed by atoms with Crippen LogP contribution < -0.4 is 11.1 Å². The maximum absolute atomic E-state index is 5.88. The van der Waals surface area contributed by atoms with Crippen molar-refractivity contribution in [3.8, 4) is 0 Å². The molecule has 4 heterocycles. The summed E-state index contributed by atoms with van der Waals surface area (Å²) in [5.41, 5.74) is 7.31. The monoisotopic (exact) mass is 265 g/mol. The predicted molar refractivity (Wildman–Crippen MR) is 75.1 cm³/mol. The molecule has 3 N–H and O–H groups in total. The van der Waals surface area contributed by atoms with Gasteiger partial charge in [-0.3, -0.25) is 4.98 Å². The molecule has 0 aliphatic carbocycles. The van der Waals surface area contributed by atoms with Gasteiger partial charge in [0.05, 0.1) is 11.1 Å². The van der Waals surface area contributed by atoms with Crippen LogP contribution in [0.1, 0.15) is 11.9 Å². The van der Waals surface area contributed by atoms with E-state index in [2.05, 4.69) is 25.4 Å². The molecular formula is C13H11N7. The molecule has 20 heavy (non-hydrogen) atoms. The van der Waals surface area contributed by atoms with Gasteiger partial charge in [0.15, 0.2) is 17.8 Å². The van der Waals surface area contributed by atoms with E-state index in [1.54, 1.807) is 17.1 Å². The van der Waals surface area contributed by atoms with Crippen LogP contribution >= 0.6 is 0 Å². The van der Waals surface area contributed by atoms with Crippen LogP contribution in [0.4, 0.5) is 5.82 Å². The second-order valence-corrected chi connectivity index (χ2v) is 4.44. The lowest BCUT2D eigenvalue weighted by atomic mass is 10.2. The van der Waals surface area contributed by atoms with Crippen molar-refractivity contribution in [3.05, 3.63) is 48.4 Å². The van der Waals surface area contributed by atoms with Gasteiger partial charge in [-0.2, -0.15) is 0 Å². The van der Waals surface area contributed by atoms with E-state index in [4.69, 9.17) is 5.73 Å². The molecule has 3 aromatic heterocycles. The Morgan fingerprint density at radius 2 is 2.00 bits per heavy atom. The van der Waals surface area contributed by atoms with Crippen LogP contribution in [0, 0.1) is 0 Å². The molecule has 4 rings (SSSR count). The Hall–Kier alpha value is -2.96. The Morgan fingerprint density at radius 3 is 2.85 bits per heavy atom. The van der Waals surface area contributed by atoms with Gasteiger partial charge in [0.1, 0.15) is 5.82 Å². The van der Waals surface area contributed by atoms with Crippen molar-refractivity contribution in [3.63, 3.8) is 0 Å². The average molecular weight is 265 g/mol. The van der Waals surface area contributed by atoms with Gasteiger partial charge in [-0.1, -0.05) is 6.07 Å². The second-order valence-electron chi connectivity index (χ2n) is 4.44. The maximum Gasteiger partial charge on any atom is 0.196 e. The van der Waals surface area contributed by atoms with E-state index in [0.717, 1.165) is 16.9 Å². The summed E-state index contributed by atoms with van der Waals surface area (Å²) in [6.45, 7) is 0. The van der Waals surface area contributed by atoms with E-state index in [-0.39, 0.29) is 6.17 Å². The SMILES string of the molecule is NC1=NC(c2ccccn2)n2nc3ncccc3c2N1. The van der Waals surface area contributed by atoms with Crippen LogP contribution in [0.25, 0.3) is 11.0 Å². The molecule has 0 bridgehead atoms. The molecule has 0 saturated carbocycles. The quantitative estimate of drug-likeness (QED) is 0.687. The number of nitrogens with zero attached hydrogens (tertiary/aromatic N) is 5. The molecule has 0 spiro atoms. The maximum atomic E-state index is 5.88. The molecule has 1 aliphatic rings. The van der Waals surface area contributed by atoms with Gasteiger partial charge >= 0.3 is 0 Å². The minimum Gasteiger partial charge on any atom is -0.370 e. The minimum atomic E-state index is -0.373. The van der Waals surface area contributed by atoms with Crippen molar-refractivity contribution in [1.29, 1.82) is 0 Å². The minimum absolute atomic E-state index is 0.346. The Kier molecular flexibility index (Phi) is 2.19. The summed E-state index contributed by atoms with van der Waals surface area (Å²) in [6.07, 6.45) is 3.06. The van der Waals surface area contributed by atoms with Gasteiger partial charge in [0.25, 0.3) is 0 Å². The van der Waals surface area contributed by atoms with Gasteiger partial charge < -0.3 is 11.1 Å². The number of fused-ring (bicyclic) bond motifs is 3. The highest BCUT2D eigenvalue weighted by Crippen LogP contribution is 2.30. The molecule has 1 aliphatic heterocycles. The molecule has 1 atom stereocenters. The first-order chi connectivity index (χ1) is 9.83.